The van der Waals surface area contributed by atoms with Crippen molar-refractivity contribution < 1.29 is 27.5 Å². The number of ether oxygens (including phenoxy) is 1. The number of rotatable bonds is 5. The van der Waals surface area contributed by atoms with E-state index < -0.39 is 17.6 Å². The summed E-state index contributed by atoms with van der Waals surface area (Å²) in [4.78, 5) is 25.0. The van der Waals surface area contributed by atoms with Crippen molar-refractivity contribution in [2.24, 2.45) is 0 Å². The molecule has 1 heterocycles. The SMILES string of the molecule is COc1ccc(CNC(=O)CN2CCCCC2=O)c(C(F)(F)F)c1. The van der Waals surface area contributed by atoms with E-state index in [9.17, 15) is 22.8 Å². The van der Waals surface area contributed by atoms with Crippen molar-refractivity contribution in [3.05, 3.63) is 29.3 Å². The Morgan fingerprint density at radius 2 is 2.08 bits per heavy atom. The summed E-state index contributed by atoms with van der Waals surface area (Å²) in [6, 6.07) is 3.58. The van der Waals surface area contributed by atoms with Gasteiger partial charge in [0.05, 0.1) is 19.2 Å². The van der Waals surface area contributed by atoms with E-state index in [2.05, 4.69) is 5.32 Å². The molecule has 0 aliphatic carbocycles. The van der Waals surface area contributed by atoms with E-state index in [4.69, 9.17) is 4.74 Å². The van der Waals surface area contributed by atoms with E-state index in [1.54, 1.807) is 0 Å². The highest BCUT2D eigenvalue weighted by Crippen LogP contribution is 2.34. The lowest BCUT2D eigenvalue weighted by Gasteiger charge is -2.26. The van der Waals surface area contributed by atoms with Crippen LogP contribution in [0, 0.1) is 0 Å². The molecule has 1 aliphatic heterocycles. The van der Waals surface area contributed by atoms with E-state index in [-0.39, 0.29) is 30.3 Å². The zero-order valence-electron chi connectivity index (χ0n) is 13.3. The van der Waals surface area contributed by atoms with Crippen LogP contribution < -0.4 is 10.1 Å². The summed E-state index contributed by atoms with van der Waals surface area (Å²) < 4.78 is 44.1. The maximum atomic E-state index is 13.1. The molecule has 0 aromatic heterocycles. The molecule has 8 heteroatoms. The van der Waals surface area contributed by atoms with Gasteiger partial charge >= 0.3 is 6.18 Å². The molecule has 0 atom stereocenters. The minimum atomic E-state index is -4.54. The van der Waals surface area contributed by atoms with Gasteiger partial charge in [-0.1, -0.05) is 6.07 Å². The van der Waals surface area contributed by atoms with Gasteiger partial charge < -0.3 is 15.0 Å². The Bertz CT molecular complexity index is 617. The average Bonchev–Trinajstić information content (AvgIpc) is 2.54. The zero-order valence-corrected chi connectivity index (χ0v) is 13.3. The lowest BCUT2D eigenvalue weighted by Crippen LogP contribution is -2.42. The molecule has 24 heavy (non-hydrogen) atoms. The fourth-order valence-corrected chi connectivity index (χ4v) is 2.55. The fourth-order valence-electron chi connectivity index (χ4n) is 2.55. The van der Waals surface area contributed by atoms with Crippen LogP contribution in [0.1, 0.15) is 30.4 Å². The smallest absolute Gasteiger partial charge is 0.416 e. The quantitative estimate of drug-likeness (QED) is 0.892. The van der Waals surface area contributed by atoms with Gasteiger partial charge in [0.15, 0.2) is 0 Å². The number of amides is 2. The summed E-state index contributed by atoms with van der Waals surface area (Å²) in [6.45, 7) is 0.110. The lowest BCUT2D eigenvalue weighted by molar-refractivity contribution is -0.138. The molecular weight excluding hydrogens is 325 g/mol. The number of carbonyl (C=O) groups is 2. The maximum absolute atomic E-state index is 13.1. The monoisotopic (exact) mass is 344 g/mol. The molecule has 1 aromatic rings. The van der Waals surface area contributed by atoms with Crippen LogP contribution in [-0.4, -0.2) is 36.9 Å². The minimum absolute atomic E-state index is 0.0541. The normalized spacial score (nSPS) is 15.3. The Labute approximate surface area is 137 Å². The molecule has 0 radical (unpaired) electrons. The fraction of sp³-hybridized carbons (Fsp3) is 0.500. The third kappa shape index (κ3) is 4.62. The first-order chi connectivity index (χ1) is 11.3. The van der Waals surface area contributed by atoms with Crippen LogP contribution >= 0.6 is 0 Å². The van der Waals surface area contributed by atoms with Gasteiger partial charge in [-0.25, -0.2) is 0 Å². The van der Waals surface area contributed by atoms with Crippen molar-refractivity contribution in [3.8, 4) is 5.75 Å². The van der Waals surface area contributed by atoms with Gasteiger partial charge in [-0.2, -0.15) is 13.2 Å². The van der Waals surface area contributed by atoms with E-state index in [0.29, 0.717) is 13.0 Å². The summed E-state index contributed by atoms with van der Waals surface area (Å²) in [5, 5.41) is 2.44. The summed E-state index contributed by atoms with van der Waals surface area (Å²) >= 11 is 0. The Hall–Kier alpha value is -2.25. The molecule has 2 amide bonds. The molecule has 1 N–H and O–H groups in total. The van der Waals surface area contributed by atoms with Crippen LogP contribution in [0.5, 0.6) is 5.75 Å². The maximum Gasteiger partial charge on any atom is 0.416 e. The van der Waals surface area contributed by atoms with Crippen molar-refractivity contribution in [2.75, 3.05) is 20.2 Å². The first kappa shape index (κ1) is 18.1. The summed E-state index contributed by atoms with van der Waals surface area (Å²) in [5.74, 6) is -0.484. The molecule has 1 saturated heterocycles. The van der Waals surface area contributed by atoms with Crippen LogP contribution in [0.15, 0.2) is 18.2 Å². The molecule has 5 nitrogen and oxygen atoms in total. The number of hydrogen-bond donors (Lipinski definition) is 1. The first-order valence-electron chi connectivity index (χ1n) is 7.60. The number of halogens is 3. The highest BCUT2D eigenvalue weighted by molar-refractivity contribution is 5.85. The first-order valence-corrected chi connectivity index (χ1v) is 7.60. The van der Waals surface area contributed by atoms with Gasteiger partial charge in [0.2, 0.25) is 11.8 Å². The van der Waals surface area contributed by atoms with Gasteiger partial charge in [-0.05, 0) is 30.5 Å². The highest BCUT2D eigenvalue weighted by atomic mass is 19.4. The standard InChI is InChI=1S/C16H19F3N2O3/c1-24-12-6-5-11(13(8-12)16(17,18)19)9-20-14(22)10-21-7-3-2-4-15(21)23/h5-6,8H,2-4,7,9-10H2,1H3,(H,20,22). The van der Waals surface area contributed by atoms with Crippen LogP contribution in [0.2, 0.25) is 0 Å². The molecule has 1 aliphatic rings. The average molecular weight is 344 g/mol. The van der Waals surface area contributed by atoms with Crippen molar-refractivity contribution in [2.45, 2.75) is 32.0 Å². The number of likely N-dealkylation sites (tertiary alicyclic amines) is 1. The Morgan fingerprint density at radius 3 is 2.71 bits per heavy atom. The predicted molar refractivity (Wildman–Crippen MR) is 80.3 cm³/mol. The zero-order chi connectivity index (χ0) is 17.7. The molecule has 1 fully saturated rings. The number of alkyl halides is 3. The van der Waals surface area contributed by atoms with Gasteiger partial charge in [0.25, 0.3) is 0 Å². The number of hydrogen-bond acceptors (Lipinski definition) is 3. The summed E-state index contributed by atoms with van der Waals surface area (Å²) in [6.07, 6.45) is -2.51. The van der Waals surface area contributed by atoms with Gasteiger partial charge in [-0.15, -0.1) is 0 Å². The second-order valence-corrected chi connectivity index (χ2v) is 5.57. The van der Waals surface area contributed by atoms with Crippen molar-refractivity contribution in [1.82, 2.24) is 10.2 Å². The second-order valence-electron chi connectivity index (χ2n) is 5.57. The molecular formula is C16H19F3N2O3. The molecule has 1 aromatic carbocycles. The third-order valence-electron chi connectivity index (χ3n) is 3.85. The molecule has 132 valence electrons. The molecule has 0 unspecified atom stereocenters. The number of nitrogens with zero attached hydrogens (tertiary/aromatic N) is 1. The number of methoxy groups -OCH3 is 1. The van der Waals surface area contributed by atoms with E-state index >= 15 is 0 Å². The Morgan fingerprint density at radius 1 is 1.33 bits per heavy atom. The second kappa shape index (κ2) is 7.55. The molecule has 0 bridgehead atoms. The number of carbonyl (C=O) groups excluding carboxylic acids is 2. The van der Waals surface area contributed by atoms with Crippen LogP contribution in [0.3, 0.4) is 0 Å². The third-order valence-corrected chi connectivity index (χ3v) is 3.85. The van der Waals surface area contributed by atoms with Gasteiger partial charge in [-0.3, -0.25) is 9.59 Å². The van der Waals surface area contributed by atoms with Crippen molar-refractivity contribution in [1.29, 1.82) is 0 Å². The predicted octanol–water partition coefficient (Wildman–Crippen LogP) is 2.34. The number of piperidine rings is 1. The highest BCUT2D eigenvalue weighted by Gasteiger charge is 2.33. The molecule has 0 saturated carbocycles. The minimum Gasteiger partial charge on any atom is -0.497 e. The largest absolute Gasteiger partial charge is 0.497 e. The molecule has 2 rings (SSSR count). The van der Waals surface area contributed by atoms with Crippen molar-refractivity contribution >= 4 is 11.8 Å². The van der Waals surface area contributed by atoms with Crippen molar-refractivity contribution in [3.63, 3.8) is 0 Å². The number of benzene rings is 1. The van der Waals surface area contributed by atoms with E-state index in [1.807, 2.05) is 0 Å². The molecule has 0 spiro atoms. The topological polar surface area (TPSA) is 58.6 Å². The van der Waals surface area contributed by atoms with Crippen LogP contribution in [0.4, 0.5) is 13.2 Å². The Kier molecular flexibility index (Phi) is 5.69. The number of nitrogens with one attached hydrogen (secondary N) is 1. The van der Waals surface area contributed by atoms with E-state index in [1.165, 1.54) is 24.1 Å². The van der Waals surface area contributed by atoms with E-state index in [0.717, 1.165) is 18.9 Å². The van der Waals surface area contributed by atoms with Gasteiger partial charge in [0, 0.05) is 19.5 Å². The van der Waals surface area contributed by atoms with Gasteiger partial charge in [0.1, 0.15) is 5.75 Å². The van der Waals surface area contributed by atoms with Crippen LogP contribution in [-0.2, 0) is 22.3 Å². The van der Waals surface area contributed by atoms with Crippen LogP contribution in [0.25, 0.3) is 0 Å². The summed E-state index contributed by atoms with van der Waals surface area (Å²) in [5.41, 5.74) is -0.905. The Balaban J connectivity index is 2.00. The summed E-state index contributed by atoms with van der Waals surface area (Å²) in [7, 11) is 1.28. The lowest BCUT2D eigenvalue weighted by atomic mass is 10.1.